The van der Waals surface area contributed by atoms with Crippen molar-refractivity contribution < 1.29 is 34.2 Å². The Morgan fingerprint density at radius 1 is 1.05 bits per heavy atom. The highest BCUT2D eigenvalue weighted by Gasteiger charge is 2.30. The van der Waals surface area contributed by atoms with Crippen molar-refractivity contribution in [1.82, 2.24) is 5.32 Å². The Balaban J connectivity index is 1.41. The molecule has 0 radical (unpaired) electrons. The zero-order valence-electron chi connectivity index (χ0n) is 20.2. The normalized spacial score (nSPS) is 13.7. The van der Waals surface area contributed by atoms with E-state index in [4.69, 9.17) is 4.74 Å². The lowest BCUT2D eigenvalue weighted by Gasteiger charge is -2.21. The topological polar surface area (TPSA) is 148 Å². The molecule has 0 heterocycles. The maximum absolute atomic E-state index is 12.4. The summed E-state index contributed by atoms with van der Waals surface area (Å²) in [4.78, 5) is 35.0. The van der Waals surface area contributed by atoms with Crippen molar-refractivity contribution in [3.8, 4) is 11.1 Å². The monoisotopic (exact) mass is 506 g/mol. The van der Waals surface area contributed by atoms with Crippen molar-refractivity contribution in [3.63, 3.8) is 0 Å². The number of aliphatic hydroxyl groups excluding tert-OH is 2. The molecule has 10 nitrogen and oxygen atoms in total. The predicted octanol–water partition coefficient (Wildman–Crippen LogP) is 3.62. The van der Waals surface area contributed by atoms with Crippen LogP contribution in [0.2, 0.25) is 0 Å². The van der Waals surface area contributed by atoms with Crippen LogP contribution >= 0.6 is 0 Å². The highest BCUT2D eigenvalue weighted by atomic mass is 16.6. The Hall–Kier alpha value is -4.28. The number of nitro groups is 1. The van der Waals surface area contributed by atoms with Crippen molar-refractivity contribution in [2.45, 2.75) is 25.0 Å². The summed E-state index contributed by atoms with van der Waals surface area (Å²) in [5.74, 6) is -0.959. The van der Waals surface area contributed by atoms with Gasteiger partial charge < -0.3 is 25.0 Å². The Morgan fingerprint density at radius 2 is 1.65 bits per heavy atom. The summed E-state index contributed by atoms with van der Waals surface area (Å²) >= 11 is 0. The average Bonchev–Trinajstić information content (AvgIpc) is 3.23. The number of methoxy groups -OCH3 is 1. The van der Waals surface area contributed by atoms with Crippen molar-refractivity contribution in [3.05, 3.63) is 98.6 Å². The lowest BCUT2D eigenvalue weighted by atomic mass is 9.94. The minimum atomic E-state index is -1.63. The van der Waals surface area contributed by atoms with Crippen LogP contribution in [0.3, 0.4) is 0 Å². The largest absolute Gasteiger partial charge is 0.465 e. The lowest BCUT2D eigenvalue weighted by molar-refractivity contribution is -0.385. The molecule has 4 rings (SSSR count). The molecule has 3 aromatic rings. The molecule has 10 heteroatoms. The van der Waals surface area contributed by atoms with E-state index >= 15 is 0 Å². The molecule has 1 aliphatic rings. The highest BCUT2D eigenvalue weighted by Crippen LogP contribution is 2.44. The fourth-order valence-corrected chi connectivity index (χ4v) is 4.61. The number of non-ortho nitro benzene ring substituents is 1. The molecule has 0 saturated heterocycles. The standard InChI is InChI=1S/C27H26N2O8/c1-15-21(11-16(29(34)35)12-22(15)26(32)36-2)25(31)24(30)13-28-27(33)37-14-23-19-9-5-3-7-17(19)18-8-4-6-10-20(18)23/h3-12,23-25,30-31H,13-14H2,1-2H3,(H,28,33). The minimum Gasteiger partial charge on any atom is -0.465 e. The number of carbonyl (C=O) groups is 2. The van der Waals surface area contributed by atoms with Crippen molar-refractivity contribution in [2.24, 2.45) is 0 Å². The Bertz CT molecular complexity index is 1310. The molecule has 1 amide bonds. The van der Waals surface area contributed by atoms with Gasteiger partial charge in [0.05, 0.1) is 17.6 Å². The van der Waals surface area contributed by atoms with Gasteiger partial charge in [0.25, 0.3) is 5.69 Å². The molecule has 37 heavy (non-hydrogen) atoms. The number of nitrogens with zero attached hydrogens (tertiary/aromatic N) is 1. The SMILES string of the molecule is COC(=O)c1cc([N+](=O)[O-])cc(C(O)C(O)CNC(=O)OCC2c3ccccc3-c3ccccc32)c1C. The molecule has 0 bridgehead atoms. The molecule has 1 aliphatic carbocycles. The number of ether oxygens (including phenoxy) is 2. The Kier molecular flexibility index (Phi) is 7.51. The van der Waals surface area contributed by atoms with Gasteiger partial charge in [0.2, 0.25) is 0 Å². The lowest BCUT2D eigenvalue weighted by Crippen LogP contribution is -2.36. The van der Waals surface area contributed by atoms with Crippen LogP contribution in [-0.2, 0) is 9.47 Å². The number of aliphatic hydroxyl groups is 2. The summed E-state index contributed by atoms with van der Waals surface area (Å²) in [7, 11) is 1.13. The smallest absolute Gasteiger partial charge is 0.407 e. The fraction of sp³-hybridized carbons (Fsp3) is 0.259. The molecule has 0 fully saturated rings. The van der Waals surface area contributed by atoms with Gasteiger partial charge in [0.1, 0.15) is 18.8 Å². The number of amides is 1. The molecule has 0 saturated carbocycles. The van der Waals surface area contributed by atoms with Crippen LogP contribution in [-0.4, -0.2) is 53.6 Å². The van der Waals surface area contributed by atoms with Crippen LogP contribution in [0.1, 0.15) is 44.6 Å². The zero-order valence-corrected chi connectivity index (χ0v) is 20.2. The minimum absolute atomic E-state index is 0.0311. The van der Waals surface area contributed by atoms with Crippen molar-refractivity contribution in [2.75, 3.05) is 20.3 Å². The molecule has 0 aromatic heterocycles. The highest BCUT2D eigenvalue weighted by molar-refractivity contribution is 5.92. The Labute approximate surface area is 212 Å². The fourth-order valence-electron chi connectivity index (χ4n) is 4.61. The number of nitro benzene ring substituents is 1. The summed E-state index contributed by atoms with van der Waals surface area (Å²) in [6.45, 7) is 1.15. The van der Waals surface area contributed by atoms with Crippen LogP contribution in [0.4, 0.5) is 10.5 Å². The van der Waals surface area contributed by atoms with Gasteiger partial charge in [-0.15, -0.1) is 0 Å². The number of nitrogens with one attached hydrogen (secondary N) is 1. The number of benzene rings is 3. The summed E-state index contributed by atoms with van der Waals surface area (Å²) in [5, 5.41) is 34.9. The van der Waals surface area contributed by atoms with E-state index in [1.165, 1.54) is 6.92 Å². The van der Waals surface area contributed by atoms with E-state index in [9.17, 15) is 29.9 Å². The summed E-state index contributed by atoms with van der Waals surface area (Å²) in [5.41, 5.74) is 3.90. The van der Waals surface area contributed by atoms with E-state index in [0.29, 0.717) is 0 Å². The first-order valence-corrected chi connectivity index (χ1v) is 11.5. The molecular weight excluding hydrogens is 480 g/mol. The molecule has 2 atom stereocenters. The zero-order chi connectivity index (χ0) is 26.7. The molecule has 0 spiro atoms. The number of carbonyl (C=O) groups excluding carboxylic acids is 2. The van der Waals surface area contributed by atoms with E-state index < -0.39 is 41.4 Å². The third kappa shape index (κ3) is 5.16. The molecule has 0 aliphatic heterocycles. The summed E-state index contributed by atoms with van der Waals surface area (Å²) in [6, 6.07) is 17.9. The number of rotatable bonds is 8. The second kappa shape index (κ2) is 10.8. The van der Waals surface area contributed by atoms with Gasteiger partial charge in [-0.2, -0.15) is 0 Å². The average molecular weight is 507 g/mol. The Morgan fingerprint density at radius 3 is 2.22 bits per heavy atom. The molecule has 3 aromatic carbocycles. The third-order valence-corrected chi connectivity index (χ3v) is 6.53. The van der Waals surface area contributed by atoms with E-state index in [0.717, 1.165) is 41.5 Å². The van der Waals surface area contributed by atoms with Gasteiger partial charge in [-0.05, 0) is 40.3 Å². The van der Waals surface area contributed by atoms with E-state index in [2.05, 4.69) is 10.1 Å². The molecule has 3 N–H and O–H groups in total. The number of fused-ring (bicyclic) bond motifs is 3. The van der Waals surface area contributed by atoms with Crippen LogP contribution in [0.25, 0.3) is 11.1 Å². The van der Waals surface area contributed by atoms with Gasteiger partial charge >= 0.3 is 12.1 Å². The van der Waals surface area contributed by atoms with Crippen molar-refractivity contribution in [1.29, 1.82) is 0 Å². The maximum atomic E-state index is 12.4. The van der Waals surface area contributed by atoms with E-state index in [1.54, 1.807) is 0 Å². The molecule has 192 valence electrons. The van der Waals surface area contributed by atoms with Crippen LogP contribution in [0.5, 0.6) is 0 Å². The second-order valence-electron chi connectivity index (χ2n) is 8.67. The maximum Gasteiger partial charge on any atom is 0.407 e. The molecule has 2 unspecified atom stereocenters. The first kappa shape index (κ1) is 25.8. The van der Waals surface area contributed by atoms with E-state index in [-0.39, 0.29) is 29.2 Å². The van der Waals surface area contributed by atoms with Crippen LogP contribution < -0.4 is 5.32 Å². The van der Waals surface area contributed by atoms with Gasteiger partial charge in [-0.1, -0.05) is 48.5 Å². The van der Waals surface area contributed by atoms with Gasteiger partial charge in [-0.25, -0.2) is 9.59 Å². The number of hydrogen-bond acceptors (Lipinski definition) is 8. The first-order chi connectivity index (χ1) is 17.7. The van der Waals surface area contributed by atoms with Gasteiger partial charge in [0, 0.05) is 24.6 Å². The summed E-state index contributed by atoms with van der Waals surface area (Å²) in [6.07, 6.45) is -3.96. The number of alkyl carbamates (subject to hydrolysis) is 1. The van der Waals surface area contributed by atoms with Crippen molar-refractivity contribution >= 4 is 17.7 Å². The molecular formula is C27H26N2O8. The predicted molar refractivity (Wildman–Crippen MR) is 133 cm³/mol. The van der Waals surface area contributed by atoms with Gasteiger partial charge in [-0.3, -0.25) is 10.1 Å². The second-order valence-corrected chi connectivity index (χ2v) is 8.67. The summed E-state index contributed by atoms with van der Waals surface area (Å²) < 4.78 is 10.1. The van der Waals surface area contributed by atoms with Crippen LogP contribution in [0, 0.1) is 17.0 Å². The quantitative estimate of drug-likeness (QED) is 0.238. The van der Waals surface area contributed by atoms with E-state index in [1.807, 2.05) is 48.5 Å². The number of esters is 1. The first-order valence-electron chi connectivity index (χ1n) is 11.5. The third-order valence-electron chi connectivity index (χ3n) is 6.53. The van der Waals surface area contributed by atoms with Crippen LogP contribution in [0.15, 0.2) is 60.7 Å². The number of hydrogen-bond donors (Lipinski definition) is 3. The van der Waals surface area contributed by atoms with Gasteiger partial charge in [0.15, 0.2) is 0 Å².